The Labute approximate surface area is 165 Å². The molecule has 7 heteroatoms. The average Bonchev–Trinajstić information content (AvgIpc) is 3.13. The van der Waals surface area contributed by atoms with Gasteiger partial charge in [-0.2, -0.15) is 0 Å². The molecule has 0 aliphatic carbocycles. The van der Waals surface area contributed by atoms with E-state index in [2.05, 4.69) is 4.90 Å². The zero-order valence-electron chi connectivity index (χ0n) is 15.7. The summed E-state index contributed by atoms with van der Waals surface area (Å²) in [7, 11) is 0. The minimum Gasteiger partial charge on any atom is -0.493 e. The van der Waals surface area contributed by atoms with E-state index in [1.54, 1.807) is 12.1 Å². The molecule has 0 aromatic heterocycles. The molecule has 0 bridgehead atoms. The van der Waals surface area contributed by atoms with Crippen LogP contribution >= 0.6 is 11.6 Å². The molecule has 27 heavy (non-hydrogen) atoms. The fraction of sp³-hybridized carbons (Fsp3) is 0.600. The molecule has 2 N–H and O–H groups in total. The largest absolute Gasteiger partial charge is 0.493 e. The van der Waals surface area contributed by atoms with Crippen molar-refractivity contribution in [1.82, 2.24) is 9.80 Å². The predicted octanol–water partition coefficient (Wildman–Crippen LogP) is 2.30. The van der Waals surface area contributed by atoms with E-state index in [1.807, 2.05) is 17.0 Å². The number of primary amides is 1. The number of piperidine rings is 1. The minimum absolute atomic E-state index is 0.133. The van der Waals surface area contributed by atoms with E-state index in [1.165, 1.54) is 0 Å². The van der Waals surface area contributed by atoms with Gasteiger partial charge in [0.1, 0.15) is 5.75 Å². The quantitative estimate of drug-likeness (QED) is 0.771. The molecule has 1 aromatic rings. The molecule has 1 aromatic carbocycles. The minimum atomic E-state index is -0.451. The van der Waals surface area contributed by atoms with Gasteiger partial charge in [-0.3, -0.25) is 14.5 Å². The van der Waals surface area contributed by atoms with Gasteiger partial charge < -0.3 is 15.4 Å². The Kier molecular flexibility index (Phi) is 6.60. The van der Waals surface area contributed by atoms with Gasteiger partial charge in [-0.25, -0.2) is 0 Å². The van der Waals surface area contributed by atoms with Gasteiger partial charge in [0.2, 0.25) is 11.8 Å². The summed E-state index contributed by atoms with van der Waals surface area (Å²) in [6.07, 6.45) is 4.18. The third kappa shape index (κ3) is 5.59. The van der Waals surface area contributed by atoms with Crippen LogP contribution in [0.4, 0.5) is 0 Å². The predicted molar refractivity (Wildman–Crippen MR) is 105 cm³/mol. The van der Waals surface area contributed by atoms with Gasteiger partial charge in [-0.1, -0.05) is 17.7 Å². The van der Waals surface area contributed by atoms with Crippen LogP contribution in [0.2, 0.25) is 5.02 Å². The first kappa shape index (κ1) is 20.0. The van der Waals surface area contributed by atoms with Crippen LogP contribution < -0.4 is 10.5 Å². The van der Waals surface area contributed by atoms with Gasteiger partial charge in [0, 0.05) is 29.9 Å². The number of carbonyl (C=O) groups is 2. The van der Waals surface area contributed by atoms with Crippen LogP contribution in [0.5, 0.6) is 5.75 Å². The summed E-state index contributed by atoms with van der Waals surface area (Å²) in [5.41, 5.74) is 5.08. The molecule has 3 rings (SSSR count). The van der Waals surface area contributed by atoms with E-state index in [0.29, 0.717) is 30.5 Å². The van der Waals surface area contributed by atoms with Crippen molar-refractivity contribution in [2.24, 2.45) is 11.1 Å². The standard InChI is InChI=1S/C20H28ClN3O3/c21-16-5-3-6-17(11-16)27-15-20(12-18(22)25)7-4-10-24(14-20)19(26)13-23-8-1-2-9-23/h3,5-6,11H,1-2,4,7-10,12-15H2,(H2,22,25)/t20-/m0/s1. The molecular weight excluding hydrogens is 366 g/mol. The fourth-order valence-electron chi connectivity index (χ4n) is 4.13. The van der Waals surface area contributed by atoms with Crippen LogP contribution in [-0.2, 0) is 9.59 Å². The lowest BCUT2D eigenvalue weighted by Crippen LogP contribution is -2.52. The monoisotopic (exact) mass is 393 g/mol. The van der Waals surface area contributed by atoms with Crippen LogP contribution in [-0.4, -0.2) is 60.9 Å². The molecule has 1 atom stereocenters. The van der Waals surface area contributed by atoms with Gasteiger partial charge in [0.25, 0.3) is 0 Å². The van der Waals surface area contributed by atoms with Crippen molar-refractivity contribution < 1.29 is 14.3 Å². The van der Waals surface area contributed by atoms with Crippen molar-refractivity contribution in [1.29, 1.82) is 0 Å². The number of nitrogens with zero attached hydrogens (tertiary/aromatic N) is 2. The van der Waals surface area contributed by atoms with Crippen LogP contribution in [0.25, 0.3) is 0 Å². The normalized spacial score (nSPS) is 23.4. The molecule has 0 radical (unpaired) electrons. The fourth-order valence-corrected chi connectivity index (χ4v) is 4.31. The Morgan fingerprint density at radius 3 is 2.67 bits per heavy atom. The number of carbonyl (C=O) groups excluding carboxylic acids is 2. The summed E-state index contributed by atoms with van der Waals surface area (Å²) in [6, 6.07) is 7.19. The van der Waals surface area contributed by atoms with Gasteiger partial charge in [-0.15, -0.1) is 0 Å². The summed E-state index contributed by atoms with van der Waals surface area (Å²) in [5.74, 6) is 0.429. The number of halogens is 1. The maximum atomic E-state index is 12.8. The summed E-state index contributed by atoms with van der Waals surface area (Å²) in [4.78, 5) is 28.6. The Morgan fingerprint density at radius 2 is 1.96 bits per heavy atom. The molecular formula is C20H28ClN3O3. The third-order valence-corrected chi connectivity index (χ3v) is 5.70. The van der Waals surface area contributed by atoms with E-state index in [0.717, 1.165) is 45.3 Å². The first-order valence-electron chi connectivity index (χ1n) is 9.63. The number of benzene rings is 1. The number of likely N-dealkylation sites (tertiary alicyclic amines) is 2. The van der Waals surface area contributed by atoms with E-state index in [9.17, 15) is 9.59 Å². The number of hydrogen-bond donors (Lipinski definition) is 1. The number of hydrogen-bond acceptors (Lipinski definition) is 4. The average molecular weight is 394 g/mol. The van der Waals surface area contributed by atoms with Crippen molar-refractivity contribution in [3.63, 3.8) is 0 Å². The van der Waals surface area contributed by atoms with Crippen LogP contribution in [0.15, 0.2) is 24.3 Å². The Hall–Kier alpha value is -1.79. The first-order valence-corrected chi connectivity index (χ1v) is 10.0. The van der Waals surface area contributed by atoms with Crippen LogP contribution in [0, 0.1) is 5.41 Å². The molecule has 6 nitrogen and oxygen atoms in total. The second-order valence-corrected chi connectivity index (χ2v) is 8.23. The van der Waals surface area contributed by atoms with Crippen molar-refractivity contribution in [3.05, 3.63) is 29.3 Å². The smallest absolute Gasteiger partial charge is 0.236 e. The topological polar surface area (TPSA) is 75.9 Å². The molecule has 0 saturated carbocycles. The first-order chi connectivity index (χ1) is 13.0. The lowest BCUT2D eigenvalue weighted by atomic mass is 9.77. The van der Waals surface area contributed by atoms with E-state index in [4.69, 9.17) is 22.1 Å². The molecule has 2 heterocycles. The molecule has 2 amide bonds. The zero-order valence-corrected chi connectivity index (χ0v) is 16.4. The summed E-state index contributed by atoms with van der Waals surface area (Å²) >= 11 is 6.02. The summed E-state index contributed by atoms with van der Waals surface area (Å²) < 4.78 is 5.95. The molecule has 2 aliphatic heterocycles. The number of nitrogens with two attached hydrogens (primary N) is 1. The summed E-state index contributed by atoms with van der Waals surface area (Å²) in [6.45, 7) is 4.01. The molecule has 0 unspecified atom stereocenters. The van der Waals surface area contributed by atoms with Crippen molar-refractivity contribution in [2.75, 3.05) is 39.3 Å². The zero-order chi connectivity index (χ0) is 19.3. The number of amides is 2. The maximum absolute atomic E-state index is 12.8. The Bertz CT molecular complexity index is 678. The maximum Gasteiger partial charge on any atom is 0.236 e. The second-order valence-electron chi connectivity index (χ2n) is 7.79. The molecule has 2 saturated heterocycles. The molecule has 148 valence electrons. The number of ether oxygens (including phenoxy) is 1. The van der Waals surface area contributed by atoms with E-state index < -0.39 is 5.41 Å². The van der Waals surface area contributed by atoms with Crippen molar-refractivity contribution in [2.45, 2.75) is 32.1 Å². The lowest BCUT2D eigenvalue weighted by Gasteiger charge is -2.42. The van der Waals surface area contributed by atoms with Gasteiger partial charge >= 0.3 is 0 Å². The molecule has 2 fully saturated rings. The highest BCUT2D eigenvalue weighted by molar-refractivity contribution is 6.30. The van der Waals surface area contributed by atoms with Gasteiger partial charge in [0.05, 0.1) is 13.2 Å². The lowest BCUT2D eigenvalue weighted by molar-refractivity contribution is -0.138. The number of rotatable bonds is 7. The highest BCUT2D eigenvalue weighted by Crippen LogP contribution is 2.35. The van der Waals surface area contributed by atoms with E-state index in [-0.39, 0.29) is 18.2 Å². The van der Waals surface area contributed by atoms with Crippen LogP contribution in [0.3, 0.4) is 0 Å². The SMILES string of the molecule is NC(=O)C[C@@]1(COc2cccc(Cl)c2)CCCN(C(=O)CN2CCCC2)C1. The van der Waals surface area contributed by atoms with Gasteiger partial charge in [-0.05, 0) is 57.0 Å². The summed E-state index contributed by atoms with van der Waals surface area (Å²) in [5, 5.41) is 0.600. The highest BCUT2D eigenvalue weighted by Gasteiger charge is 2.39. The third-order valence-electron chi connectivity index (χ3n) is 5.46. The van der Waals surface area contributed by atoms with Crippen molar-refractivity contribution >= 4 is 23.4 Å². The Morgan fingerprint density at radius 1 is 1.19 bits per heavy atom. The van der Waals surface area contributed by atoms with E-state index >= 15 is 0 Å². The van der Waals surface area contributed by atoms with Gasteiger partial charge in [0.15, 0.2) is 0 Å². The second kappa shape index (κ2) is 8.93. The van der Waals surface area contributed by atoms with Crippen molar-refractivity contribution in [3.8, 4) is 5.75 Å². The Balaban J connectivity index is 1.66. The molecule has 2 aliphatic rings. The van der Waals surface area contributed by atoms with Crippen LogP contribution in [0.1, 0.15) is 32.1 Å². The molecule has 0 spiro atoms. The highest BCUT2D eigenvalue weighted by atomic mass is 35.5.